The van der Waals surface area contributed by atoms with Crippen molar-refractivity contribution in [1.82, 2.24) is 0 Å². The predicted molar refractivity (Wildman–Crippen MR) is 60.6 cm³/mol. The van der Waals surface area contributed by atoms with Crippen LogP contribution in [0.4, 0.5) is 0 Å². The van der Waals surface area contributed by atoms with Crippen LogP contribution in [0.5, 0.6) is 0 Å². The van der Waals surface area contributed by atoms with Gasteiger partial charge in [-0.05, 0) is 12.8 Å². The van der Waals surface area contributed by atoms with Crippen molar-refractivity contribution in [2.24, 2.45) is 0 Å². The van der Waals surface area contributed by atoms with Gasteiger partial charge in [0.15, 0.2) is 0 Å². The Bertz CT molecular complexity index is 221. The van der Waals surface area contributed by atoms with Crippen molar-refractivity contribution in [3.63, 3.8) is 0 Å². The van der Waals surface area contributed by atoms with Gasteiger partial charge in [-0.1, -0.05) is 13.8 Å². The Morgan fingerprint density at radius 3 is 2.07 bits per heavy atom. The first-order valence-corrected chi connectivity index (χ1v) is 4.82. The third kappa shape index (κ3) is 8.26. The molecule has 1 nitrogen and oxygen atoms in total. The molecule has 0 aliphatic carbocycles. The van der Waals surface area contributed by atoms with E-state index >= 15 is 0 Å². The van der Waals surface area contributed by atoms with E-state index in [-0.39, 0.29) is 40.0 Å². The Hall–Kier alpha value is 0.426. The maximum atomic E-state index is 4.94. The molecule has 0 amide bonds. The normalized spacial score (nSPS) is 12.9. The third-order valence-corrected chi connectivity index (χ3v) is 2.16. The number of rotatable bonds is 0. The van der Waals surface area contributed by atoms with Crippen LogP contribution >= 0.6 is 0 Å². The zero-order valence-corrected chi connectivity index (χ0v) is 12.6. The van der Waals surface area contributed by atoms with E-state index < -0.39 is 0 Å². The van der Waals surface area contributed by atoms with Crippen molar-refractivity contribution in [3.05, 3.63) is 35.4 Å². The van der Waals surface area contributed by atoms with Crippen LogP contribution in [0.25, 0.3) is 0 Å². The fourth-order valence-corrected chi connectivity index (χ4v) is 1.11. The summed E-state index contributed by atoms with van der Waals surface area (Å²) in [6, 6.07) is 9.12. The number of aryl methyl sites for hydroxylation is 2. The molecule has 1 saturated heterocycles. The predicted octanol–water partition coefficient (Wildman–Crippen LogP) is -0.476. The minimum atomic E-state index is 0. The number of hydrogen-bond acceptors (Lipinski definition) is 1. The van der Waals surface area contributed by atoms with Gasteiger partial charge in [0.2, 0.25) is 0 Å². The molecule has 0 saturated carbocycles. The second kappa shape index (κ2) is 10.9. The van der Waals surface area contributed by atoms with Crippen LogP contribution in [-0.4, -0.2) is 36.3 Å². The molecule has 15 heavy (non-hydrogen) atoms. The minimum Gasteiger partial charge on any atom is -1.00 e. The molecule has 0 N–H and O–H groups in total. The Kier molecular flexibility index (Phi) is 13.0. The topological polar surface area (TPSA) is 9.23 Å². The van der Waals surface area contributed by atoms with Crippen LogP contribution in [0.2, 0.25) is 0 Å². The summed E-state index contributed by atoms with van der Waals surface area (Å²) in [7, 11) is 0. The molecule has 1 aromatic rings. The van der Waals surface area contributed by atoms with E-state index in [1.807, 2.05) is 12.1 Å². The summed E-state index contributed by atoms with van der Waals surface area (Å²) in [5.74, 6) is 0. The van der Waals surface area contributed by atoms with E-state index in [0.717, 1.165) is 13.2 Å². The molecule has 0 spiro atoms. The Labute approximate surface area is 120 Å². The summed E-state index contributed by atoms with van der Waals surface area (Å²) in [6.45, 7) is 6.15. The second-order valence-electron chi connectivity index (χ2n) is 3.30. The first-order valence-electron chi connectivity index (χ1n) is 4.82. The third-order valence-electron chi connectivity index (χ3n) is 2.16. The zero-order chi connectivity index (χ0) is 9.52. The van der Waals surface area contributed by atoms with Crippen molar-refractivity contribution in [3.8, 4) is 0 Å². The smallest absolute Gasteiger partial charge is 1.00 e. The van der Waals surface area contributed by atoms with E-state index in [0.29, 0.717) is 0 Å². The van der Waals surface area contributed by atoms with Crippen LogP contribution in [0.3, 0.4) is 0 Å². The van der Waals surface area contributed by atoms with Gasteiger partial charge in [0.1, 0.15) is 0 Å². The van der Waals surface area contributed by atoms with Crippen molar-refractivity contribution < 1.29 is 21.7 Å². The van der Waals surface area contributed by atoms with Crippen molar-refractivity contribution in [2.45, 2.75) is 26.7 Å². The minimum absolute atomic E-state index is 0. The summed E-state index contributed by atoms with van der Waals surface area (Å²) in [4.78, 5) is 0. The summed E-state index contributed by atoms with van der Waals surface area (Å²) < 4.78 is 4.94. The zero-order valence-electron chi connectivity index (χ0n) is 9.55. The van der Waals surface area contributed by atoms with Crippen molar-refractivity contribution in [1.29, 1.82) is 0 Å². The molecule has 1 aliphatic rings. The number of ether oxygens (including phenoxy) is 1. The van der Waals surface area contributed by atoms with Gasteiger partial charge in [-0.15, -0.1) is 0 Å². The quantitative estimate of drug-likeness (QED) is 0.461. The SMILES string of the molecule is C1CCOC1.Cc1[c-]cccc1C.[Br-].[Mg+2]. The Morgan fingerprint density at radius 1 is 1.20 bits per heavy atom. The average molecular weight is 281 g/mol. The Morgan fingerprint density at radius 2 is 1.80 bits per heavy atom. The molecule has 0 aromatic heterocycles. The summed E-state index contributed by atoms with van der Waals surface area (Å²) in [5.41, 5.74) is 2.56. The molecule has 0 atom stereocenters. The summed E-state index contributed by atoms with van der Waals surface area (Å²) in [6.07, 6.45) is 2.56. The van der Waals surface area contributed by atoms with Crippen LogP contribution in [-0.2, 0) is 4.74 Å². The van der Waals surface area contributed by atoms with Crippen LogP contribution in [0.15, 0.2) is 18.2 Å². The molecule has 3 heteroatoms. The molecule has 80 valence electrons. The van der Waals surface area contributed by atoms with Gasteiger partial charge >= 0.3 is 23.1 Å². The molecule has 0 unspecified atom stereocenters. The maximum absolute atomic E-state index is 4.94. The maximum Gasteiger partial charge on any atom is 2.00 e. The Balaban J connectivity index is 0. The molecule has 0 bridgehead atoms. The second-order valence-corrected chi connectivity index (χ2v) is 3.30. The van der Waals surface area contributed by atoms with Gasteiger partial charge < -0.3 is 21.7 Å². The summed E-state index contributed by atoms with van der Waals surface area (Å²) in [5, 5.41) is 0. The average Bonchev–Trinajstić information content (AvgIpc) is 2.68. The van der Waals surface area contributed by atoms with Crippen LogP contribution in [0.1, 0.15) is 24.0 Å². The monoisotopic (exact) mass is 280 g/mol. The molecule has 1 aromatic carbocycles. The van der Waals surface area contributed by atoms with Gasteiger partial charge in [-0.25, -0.2) is 0 Å². The van der Waals surface area contributed by atoms with E-state index in [9.17, 15) is 0 Å². The van der Waals surface area contributed by atoms with Gasteiger partial charge in [-0.2, -0.15) is 35.4 Å². The molecule has 0 radical (unpaired) electrons. The molecule has 1 aliphatic heterocycles. The van der Waals surface area contributed by atoms with E-state index in [1.54, 1.807) is 0 Å². The largest absolute Gasteiger partial charge is 2.00 e. The first-order chi connectivity index (χ1) is 6.30. The van der Waals surface area contributed by atoms with Gasteiger partial charge in [0.05, 0.1) is 0 Å². The first kappa shape index (κ1) is 17.8. The molecule has 1 fully saturated rings. The van der Waals surface area contributed by atoms with Gasteiger partial charge in [0, 0.05) is 13.2 Å². The number of benzene rings is 1. The van der Waals surface area contributed by atoms with E-state index in [4.69, 9.17) is 4.74 Å². The number of hydrogen-bond donors (Lipinski definition) is 0. The number of halogens is 1. The van der Waals surface area contributed by atoms with Gasteiger partial charge in [-0.3, -0.25) is 0 Å². The summed E-state index contributed by atoms with van der Waals surface area (Å²) >= 11 is 0. The van der Waals surface area contributed by atoms with Crippen LogP contribution in [0, 0.1) is 19.9 Å². The van der Waals surface area contributed by atoms with E-state index in [1.165, 1.54) is 24.0 Å². The molecule has 2 rings (SSSR count). The fourth-order valence-electron chi connectivity index (χ4n) is 1.11. The fraction of sp³-hybridized carbons (Fsp3) is 0.500. The van der Waals surface area contributed by atoms with Crippen molar-refractivity contribution in [2.75, 3.05) is 13.2 Å². The standard InChI is InChI=1S/C8H9.C4H8O.BrH.Mg/c1-7-5-3-4-6-8(7)2;1-2-4-5-3-1;;/h3-5H,1-2H3;1-4H2;1H;/q-1;;;+2/p-1. The van der Waals surface area contributed by atoms with Gasteiger partial charge in [0.25, 0.3) is 0 Å². The molecular formula is C12H17BrMgO. The molecule has 1 heterocycles. The van der Waals surface area contributed by atoms with Crippen LogP contribution < -0.4 is 17.0 Å². The van der Waals surface area contributed by atoms with E-state index in [2.05, 4.69) is 26.0 Å². The van der Waals surface area contributed by atoms with Crippen molar-refractivity contribution >= 4 is 23.1 Å². The molecular weight excluding hydrogens is 264 g/mol.